The summed E-state index contributed by atoms with van der Waals surface area (Å²) in [5.41, 5.74) is 1.99. The summed E-state index contributed by atoms with van der Waals surface area (Å²) >= 11 is 1.58. The molecule has 23 heavy (non-hydrogen) atoms. The van der Waals surface area contributed by atoms with Crippen molar-refractivity contribution in [3.63, 3.8) is 0 Å². The third-order valence-electron chi connectivity index (χ3n) is 4.20. The topological polar surface area (TPSA) is 55.0 Å². The highest BCUT2D eigenvalue weighted by Crippen LogP contribution is 2.36. The largest absolute Gasteiger partial charge is 0.370 e. The highest BCUT2D eigenvalue weighted by atomic mass is 32.1. The number of ether oxygens (including phenoxy) is 1. The summed E-state index contributed by atoms with van der Waals surface area (Å²) in [7, 11) is 0. The molecule has 0 saturated carbocycles. The maximum absolute atomic E-state index is 12.6. The molecular weight excluding hydrogens is 308 g/mol. The first-order chi connectivity index (χ1) is 11.0. The fraction of sp³-hybridized carbons (Fsp3) is 0.333. The molecule has 0 bridgehead atoms. The molecule has 4 rings (SSSR count). The fourth-order valence-corrected chi connectivity index (χ4v) is 4.19. The van der Waals surface area contributed by atoms with Crippen molar-refractivity contribution in [1.82, 2.24) is 9.97 Å². The molecule has 1 aliphatic heterocycles. The highest BCUT2D eigenvalue weighted by Gasteiger charge is 2.30. The predicted octanol–water partition coefficient (Wildman–Crippen LogP) is 3.43. The van der Waals surface area contributed by atoms with Crippen molar-refractivity contribution in [2.24, 2.45) is 0 Å². The number of thiophene rings is 1. The van der Waals surface area contributed by atoms with Gasteiger partial charge in [0.2, 0.25) is 0 Å². The summed E-state index contributed by atoms with van der Waals surface area (Å²) in [6, 6.07) is 10.1. The Hall–Kier alpha value is -1.98. The predicted molar refractivity (Wildman–Crippen MR) is 92.1 cm³/mol. The van der Waals surface area contributed by atoms with Crippen LogP contribution in [0.15, 0.2) is 35.1 Å². The maximum Gasteiger partial charge on any atom is 0.259 e. The molecule has 0 amide bonds. The second kappa shape index (κ2) is 5.28. The Bertz CT molecular complexity index is 925. The van der Waals surface area contributed by atoms with Crippen LogP contribution in [0, 0.1) is 0 Å². The number of nitrogens with zero attached hydrogens (tertiary/aromatic N) is 1. The van der Waals surface area contributed by atoms with Gasteiger partial charge in [0, 0.05) is 17.7 Å². The van der Waals surface area contributed by atoms with E-state index in [9.17, 15) is 4.79 Å². The van der Waals surface area contributed by atoms with Crippen molar-refractivity contribution in [3.8, 4) is 0 Å². The van der Waals surface area contributed by atoms with Gasteiger partial charge in [-0.25, -0.2) is 4.98 Å². The lowest BCUT2D eigenvalue weighted by Gasteiger charge is -2.29. The van der Waals surface area contributed by atoms with Crippen molar-refractivity contribution in [2.75, 3.05) is 0 Å². The molecule has 0 spiro atoms. The van der Waals surface area contributed by atoms with Crippen LogP contribution in [0.1, 0.15) is 35.7 Å². The van der Waals surface area contributed by atoms with E-state index in [1.165, 1.54) is 0 Å². The highest BCUT2D eigenvalue weighted by molar-refractivity contribution is 7.18. The van der Waals surface area contributed by atoms with Crippen LogP contribution in [-0.2, 0) is 24.2 Å². The summed E-state index contributed by atoms with van der Waals surface area (Å²) in [4.78, 5) is 22.2. The zero-order valence-electron chi connectivity index (χ0n) is 13.2. The summed E-state index contributed by atoms with van der Waals surface area (Å²) in [5.74, 6) is 0.715. The first kappa shape index (κ1) is 14.6. The number of benzene rings is 1. The Kier molecular flexibility index (Phi) is 3.36. The van der Waals surface area contributed by atoms with E-state index in [0.29, 0.717) is 18.9 Å². The molecule has 3 heterocycles. The molecule has 0 atom stereocenters. The Morgan fingerprint density at radius 2 is 2.09 bits per heavy atom. The lowest BCUT2D eigenvalue weighted by atomic mass is 9.94. The van der Waals surface area contributed by atoms with Gasteiger partial charge in [-0.1, -0.05) is 30.3 Å². The Labute approximate surface area is 138 Å². The van der Waals surface area contributed by atoms with Crippen molar-refractivity contribution >= 4 is 21.6 Å². The molecule has 0 fully saturated rings. The van der Waals surface area contributed by atoms with E-state index in [0.717, 1.165) is 32.6 Å². The summed E-state index contributed by atoms with van der Waals surface area (Å²) < 4.78 is 5.86. The molecule has 4 nitrogen and oxygen atoms in total. The second-order valence-corrected chi connectivity index (χ2v) is 7.67. The molecule has 0 aliphatic carbocycles. The normalized spacial score (nSPS) is 16.4. The van der Waals surface area contributed by atoms with E-state index in [2.05, 4.69) is 18.8 Å². The number of fused-ring (bicyclic) bond motifs is 3. The number of H-pyrrole nitrogens is 1. The van der Waals surface area contributed by atoms with Crippen LogP contribution in [0.2, 0.25) is 0 Å². The van der Waals surface area contributed by atoms with E-state index in [1.807, 2.05) is 30.3 Å². The van der Waals surface area contributed by atoms with Gasteiger partial charge in [0.05, 0.1) is 17.6 Å². The zero-order chi connectivity index (χ0) is 16.0. The van der Waals surface area contributed by atoms with Gasteiger partial charge in [-0.05, 0) is 25.0 Å². The van der Waals surface area contributed by atoms with E-state index < -0.39 is 0 Å². The Morgan fingerprint density at radius 1 is 1.30 bits per heavy atom. The van der Waals surface area contributed by atoms with Crippen LogP contribution in [0.4, 0.5) is 0 Å². The standard InChI is InChI=1S/C18H18N2O2S/c1-18(2)9-12-13(10-22-18)23-17-15(12)16(21)19-14(20-17)8-11-6-4-3-5-7-11/h3-7H,8-10H2,1-2H3,(H,19,20,21). The Balaban J connectivity index is 1.79. The Morgan fingerprint density at radius 3 is 2.87 bits per heavy atom. The number of rotatable bonds is 2. The van der Waals surface area contributed by atoms with Gasteiger partial charge >= 0.3 is 0 Å². The average Bonchev–Trinajstić information content (AvgIpc) is 2.85. The van der Waals surface area contributed by atoms with Crippen LogP contribution in [0.5, 0.6) is 0 Å². The van der Waals surface area contributed by atoms with Gasteiger partial charge in [0.1, 0.15) is 10.7 Å². The van der Waals surface area contributed by atoms with Gasteiger partial charge in [0.15, 0.2) is 0 Å². The van der Waals surface area contributed by atoms with Crippen LogP contribution >= 0.6 is 11.3 Å². The molecule has 1 N–H and O–H groups in total. The van der Waals surface area contributed by atoms with E-state index in [1.54, 1.807) is 11.3 Å². The van der Waals surface area contributed by atoms with Crippen molar-refractivity contribution in [3.05, 3.63) is 62.5 Å². The SMILES string of the molecule is CC1(C)Cc2c(sc3nc(Cc4ccccc4)[nH]c(=O)c23)CO1. The zero-order valence-corrected chi connectivity index (χ0v) is 14.0. The minimum absolute atomic E-state index is 0.0314. The second-order valence-electron chi connectivity index (χ2n) is 6.58. The summed E-state index contributed by atoms with van der Waals surface area (Å²) in [6.07, 6.45) is 1.39. The number of hydrogen-bond donors (Lipinski definition) is 1. The molecule has 0 saturated heterocycles. The first-order valence-corrected chi connectivity index (χ1v) is 8.55. The number of hydrogen-bond acceptors (Lipinski definition) is 4. The van der Waals surface area contributed by atoms with Crippen LogP contribution < -0.4 is 5.56 Å². The maximum atomic E-state index is 12.6. The van der Waals surface area contributed by atoms with Gasteiger partial charge in [-0.15, -0.1) is 11.3 Å². The minimum Gasteiger partial charge on any atom is -0.370 e. The molecule has 1 aromatic carbocycles. The smallest absolute Gasteiger partial charge is 0.259 e. The van der Waals surface area contributed by atoms with Crippen LogP contribution in [0.3, 0.4) is 0 Å². The molecular formula is C18H18N2O2S. The molecule has 5 heteroatoms. The molecule has 1 aliphatic rings. The monoisotopic (exact) mass is 326 g/mol. The van der Waals surface area contributed by atoms with Gasteiger partial charge < -0.3 is 9.72 Å². The van der Waals surface area contributed by atoms with Gasteiger partial charge in [0.25, 0.3) is 5.56 Å². The first-order valence-electron chi connectivity index (χ1n) is 7.73. The minimum atomic E-state index is -0.226. The lowest BCUT2D eigenvalue weighted by Crippen LogP contribution is -2.31. The number of nitrogens with one attached hydrogen (secondary N) is 1. The van der Waals surface area contributed by atoms with Crippen molar-refractivity contribution in [2.45, 2.75) is 38.9 Å². The van der Waals surface area contributed by atoms with E-state index in [-0.39, 0.29) is 11.2 Å². The quantitative estimate of drug-likeness (QED) is 0.785. The number of aromatic nitrogens is 2. The lowest BCUT2D eigenvalue weighted by molar-refractivity contribution is -0.0379. The van der Waals surface area contributed by atoms with Crippen LogP contribution in [0.25, 0.3) is 10.2 Å². The van der Waals surface area contributed by atoms with Gasteiger partial charge in [-0.3, -0.25) is 4.79 Å². The summed E-state index contributed by atoms with van der Waals surface area (Å²) in [6.45, 7) is 4.69. The third-order valence-corrected chi connectivity index (χ3v) is 5.30. The molecule has 0 radical (unpaired) electrons. The average molecular weight is 326 g/mol. The van der Waals surface area contributed by atoms with E-state index >= 15 is 0 Å². The van der Waals surface area contributed by atoms with Crippen molar-refractivity contribution in [1.29, 1.82) is 0 Å². The van der Waals surface area contributed by atoms with E-state index in [4.69, 9.17) is 9.72 Å². The molecule has 3 aromatic rings. The van der Waals surface area contributed by atoms with Gasteiger partial charge in [-0.2, -0.15) is 0 Å². The summed E-state index contributed by atoms with van der Waals surface area (Å²) in [5, 5.41) is 0.748. The fourth-order valence-electron chi connectivity index (χ4n) is 3.07. The van der Waals surface area contributed by atoms with Crippen molar-refractivity contribution < 1.29 is 4.74 Å². The van der Waals surface area contributed by atoms with Crippen LogP contribution in [-0.4, -0.2) is 15.6 Å². The molecule has 118 valence electrons. The molecule has 2 aromatic heterocycles. The molecule has 0 unspecified atom stereocenters. The number of aromatic amines is 1. The third kappa shape index (κ3) is 2.71.